The number of rotatable bonds is 5. The van der Waals surface area contributed by atoms with E-state index in [-0.39, 0.29) is 18.2 Å². The van der Waals surface area contributed by atoms with E-state index in [4.69, 9.17) is 4.99 Å². The number of ether oxygens (including phenoxy) is 1. The number of amides is 1. The number of hydrogen-bond donors (Lipinski definition) is 1. The molecular weight excluding hydrogens is 569 g/mol. The van der Waals surface area contributed by atoms with Crippen molar-refractivity contribution in [2.75, 3.05) is 45.1 Å². The molecule has 3 aliphatic rings. The van der Waals surface area contributed by atoms with Gasteiger partial charge >= 0.3 is 6.36 Å². The number of amidine groups is 1. The molecule has 0 saturated carbocycles. The zero-order valence-electron chi connectivity index (χ0n) is 22.4. The van der Waals surface area contributed by atoms with E-state index in [2.05, 4.69) is 53.8 Å². The van der Waals surface area contributed by atoms with Crippen molar-refractivity contribution in [2.45, 2.75) is 12.8 Å². The molecular formula is C28H25F3N8O2S. The lowest BCUT2D eigenvalue weighted by molar-refractivity contribution is -0.274. The Kier molecular flexibility index (Phi) is 7.42. The van der Waals surface area contributed by atoms with E-state index in [0.29, 0.717) is 48.9 Å². The summed E-state index contributed by atoms with van der Waals surface area (Å²) in [5.74, 6) is 0.966. The molecule has 1 amide bonds. The fraction of sp³-hybridized carbons (Fsp3) is 0.286. The largest absolute Gasteiger partial charge is 0.573 e. The Morgan fingerprint density at radius 1 is 1.14 bits per heavy atom. The summed E-state index contributed by atoms with van der Waals surface area (Å²) < 4.78 is 45.4. The second-order valence-corrected chi connectivity index (χ2v) is 10.7. The highest BCUT2D eigenvalue weighted by molar-refractivity contribution is 8.12. The van der Waals surface area contributed by atoms with Crippen LogP contribution in [0.4, 0.5) is 19.0 Å². The molecule has 3 aromatic rings. The minimum atomic E-state index is -4.79. The van der Waals surface area contributed by atoms with Crippen molar-refractivity contribution in [3.63, 3.8) is 0 Å². The third kappa shape index (κ3) is 5.87. The number of nitrogens with one attached hydrogen (secondary N) is 1. The molecule has 0 radical (unpaired) electrons. The monoisotopic (exact) mass is 594 g/mol. The summed E-state index contributed by atoms with van der Waals surface area (Å²) in [6.07, 6.45) is 11.2. The van der Waals surface area contributed by atoms with Crippen molar-refractivity contribution in [1.29, 1.82) is 0 Å². The number of nitrogens with zero attached hydrogens (tertiary/aromatic N) is 7. The third-order valence-electron chi connectivity index (χ3n) is 6.87. The van der Waals surface area contributed by atoms with Crippen LogP contribution in [-0.2, 0) is 4.79 Å². The van der Waals surface area contributed by atoms with Crippen LogP contribution in [0, 0.1) is 12.4 Å². The van der Waals surface area contributed by atoms with Gasteiger partial charge in [0.1, 0.15) is 23.1 Å². The van der Waals surface area contributed by atoms with Gasteiger partial charge in [0.05, 0.1) is 18.9 Å². The summed E-state index contributed by atoms with van der Waals surface area (Å²) >= 11 is 1.59. The number of imidazole rings is 1. The number of alkyl halides is 3. The lowest BCUT2D eigenvalue weighted by Crippen LogP contribution is -2.51. The smallest absolute Gasteiger partial charge is 0.406 e. The van der Waals surface area contributed by atoms with Crippen molar-refractivity contribution in [3.05, 3.63) is 78.6 Å². The van der Waals surface area contributed by atoms with E-state index in [1.807, 2.05) is 19.2 Å². The molecule has 1 saturated heterocycles. The van der Waals surface area contributed by atoms with E-state index in [1.165, 1.54) is 36.0 Å². The summed E-state index contributed by atoms with van der Waals surface area (Å²) in [6, 6.07) is 5.36. The Balaban J connectivity index is 1.11. The molecule has 10 nitrogen and oxygen atoms in total. The van der Waals surface area contributed by atoms with Crippen LogP contribution in [0.5, 0.6) is 5.75 Å². The molecule has 2 aromatic heterocycles. The first kappa shape index (κ1) is 27.5. The standard InChI is InChI=1S/C28H25F3N8O2S/c1-36-25(20-5-3-2-4-6-20)35-27(42-36)38-15-13-37(14-16-38)23(40)18-33-26-24(34-22-17-32-11-12-39(22)26)19-7-9-21(10-8-19)41-28(29,30)31/h2-5,7-10,17,33H,6,13-16,18H2,1H3. The van der Waals surface area contributed by atoms with Gasteiger partial charge < -0.3 is 19.9 Å². The van der Waals surface area contributed by atoms with Gasteiger partial charge in [-0.25, -0.2) is 19.4 Å². The highest BCUT2D eigenvalue weighted by Crippen LogP contribution is 2.33. The van der Waals surface area contributed by atoms with Gasteiger partial charge in [-0.2, -0.15) is 0 Å². The Hall–Kier alpha value is -4.64. The quantitative estimate of drug-likeness (QED) is 0.442. The molecule has 0 atom stereocenters. The minimum Gasteiger partial charge on any atom is -0.406 e. The number of benzene rings is 1. The summed E-state index contributed by atoms with van der Waals surface area (Å²) in [5, 5.41) is 4.08. The molecule has 1 fully saturated rings. The van der Waals surface area contributed by atoms with Crippen LogP contribution < -0.4 is 10.1 Å². The number of hydrogen-bond acceptors (Lipinski definition) is 9. The van der Waals surface area contributed by atoms with Gasteiger partial charge in [0.2, 0.25) is 5.91 Å². The van der Waals surface area contributed by atoms with Gasteiger partial charge in [0.15, 0.2) is 10.8 Å². The number of anilines is 1. The molecule has 4 heterocycles. The van der Waals surface area contributed by atoms with Crippen molar-refractivity contribution >= 4 is 34.5 Å². The molecule has 1 aromatic carbocycles. The molecule has 0 spiro atoms. The Bertz CT molecular complexity index is 1610. The molecule has 1 N–H and O–H groups in total. The van der Waals surface area contributed by atoms with Gasteiger partial charge in [-0.15, -0.1) is 13.2 Å². The number of aromatic nitrogens is 3. The maximum atomic E-state index is 13.2. The second kappa shape index (κ2) is 11.3. The van der Waals surface area contributed by atoms with Gasteiger partial charge in [0.25, 0.3) is 0 Å². The van der Waals surface area contributed by atoms with Crippen LogP contribution >= 0.6 is 11.9 Å². The lowest BCUT2D eigenvalue weighted by Gasteiger charge is -2.35. The van der Waals surface area contributed by atoms with Gasteiger partial charge in [-0.3, -0.25) is 9.10 Å². The average molecular weight is 595 g/mol. The van der Waals surface area contributed by atoms with Crippen molar-refractivity contribution in [2.24, 2.45) is 4.99 Å². The van der Waals surface area contributed by atoms with Crippen molar-refractivity contribution < 1.29 is 22.7 Å². The van der Waals surface area contributed by atoms with Crippen LogP contribution in [0.25, 0.3) is 16.9 Å². The Labute approximate surface area is 244 Å². The molecule has 14 heteroatoms. The van der Waals surface area contributed by atoms with Crippen molar-refractivity contribution in [3.8, 4) is 17.0 Å². The first-order valence-electron chi connectivity index (χ1n) is 13.1. The van der Waals surface area contributed by atoms with Crippen molar-refractivity contribution in [1.82, 2.24) is 28.5 Å². The first-order chi connectivity index (χ1) is 20.2. The molecule has 0 bridgehead atoms. The molecule has 216 valence electrons. The summed E-state index contributed by atoms with van der Waals surface area (Å²) in [6.45, 7) is 2.39. The van der Waals surface area contributed by atoms with Gasteiger partial charge in [0, 0.05) is 56.9 Å². The molecule has 42 heavy (non-hydrogen) atoms. The van der Waals surface area contributed by atoms with E-state index in [0.717, 1.165) is 17.4 Å². The average Bonchev–Trinajstić information content (AvgIpc) is 3.56. The van der Waals surface area contributed by atoms with E-state index in [9.17, 15) is 18.0 Å². The number of aliphatic imine (C=N–C) groups is 1. The van der Waals surface area contributed by atoms with Crippen LogP contribution in [0.2, 0.25) is 0 Å². The topological polar surface area (TPSA) is 90.6 Å². The SMILES string of the molecule is CN1SC(N2CCN(C(=O)CNc3c(-c4ccc(OC(F)(F)F)cc4)nc4cnc#cn34)CC2)=NC1=C1C=CC=CC1. The van der Waals surface area contributed by atoms with Crippen LogP contribution in [0.1, 0.15) is 6.42 Å². The Morgan fingerprint density at radius 3 is 2.64 bits per heavy atom. The second-order valence-electron chi connectivity index (χ2n) is 9.60. The number of allylic oxidation sites excluding steroid dienone is 5. The predicted octanol–water partition coefficient (Wildman–Crippen LogP) is 4.13. The first-order valence-corrected chi connectivity index (χ1v) is 13.9. The maximum absolute atomic E-state index is 13.2. The number of piperazine rings is 1. The molecule has 0 unspecified atom stereocenters. The third-order valence-corrected chi connectivity index (χ3v) is 7.83. The van der Waals surface area contributed by atoms with E-state index in [1.54, 1.807) is 21.2 Å². The van der Waals surface area contributed by atoms with Gasteiger partial charge in [-0.1, -0.05) is 24.3 Å². The minimum absolute atomic E-state index is 0.0131. The van der Waals surface area contributed by atoms with Crippen LogP contribution in [0.15, 0.2) is 71.2 Å². The Morgan fingerprint density at radius 2 is 1.93 bits per heavy atom. The maximum Gasteiger partial charge on any atom is 0.573 e. The molecule has 6 rings (SSSR count). The summed E-state index contributed by atoms with van der Waals surface area (Å²) in [7, 11) is 2.01. The summed E-state index contributed by atoms with van der Waals surface area (Å²) in [4.78, 5) is 30.5. The fourth-order valence-corrected chi connectivity index (χ4v) is 5.75. The van der Waals surface area contributed by atoms with Gasteiger partial charge in [-0.05, 0) is 36.3 Å². The lowest BCUT2D eigenvalue weighted by atomic mass is 10.1. The highest BCUT2D eigenvalue weighted by Gasteiger charge is 2.31. The van der Waals surface area contributed by atoms with Crippen LogP contribution in [-0.4, -0.2) is 85.7 Å². The number of carbonyl (C=O) groups excluding carboxylic acids is 1. The normalized spacial score (nSPS) is 18.9. The predicted molar refractivity (Wildman–Crippen MR) is 152 cm³/mol. The van der Waals surface area contributed by atoms with E-state index < -0.39 is 6.36 Å². The number of halogens is 3. The van der Waals surface area contributed by atoms with Crippen LogP contribution in [0.3, 0.4) is 0 Å². The molecule has 2 aliphatic heterocycles. The number of carbonyl (C=O) groups is 1. The summed E-state index contributed by atoms with van der Waals surface area (Å²) in [5.41, 5.74) is 2.57. The number of fused-ring (bicyclic) bond motifs is 1. The zero-order valence-corrected chi connectivity index (χ0v) is 23.2. The van der Waals surface area contributed by atoms with E-state index >= 15 is 0 Å². The molecule has 1 aliphatic carbocycles. The fourth-order valence-electron chi connectivity index (χ4n) is 4.83. The zero-order chi connectivity index (χ0) is 29.3. The highest BCUT2D eigenvalue weighted by atomic mass is 32.2.